The van der Waals surface area contributed by atoms with Gasteiger partial charge in [0.25, 0.3) is 0 Å². The number of unbranched alkanes of at least 4 members (excludes halogenated alkanes) is 1. The number of hydrogen-bond acceptors (Lipinski definition) is 2. The van der Waals surface area contributed by atoms with Gasteiger partial charge in [0, 0.05) is 16.6 Å². The van der Waals surface area contributed by atoms with Gasteiger partial charge in [0.05, 0.1) is 0 Å². The number of aromatic nitrogens is 1. The lowest BCUT2D eigenvalue weighted by Gasteiger charge is -2.08. The normalized spacial score (nSPS) is 11.1. The van der Waals surface area contributed by atoms with Gasteiger partial charge < -0.3 is 15.5 Å². The number of fused-ring (bicyclic) bond motifs is 1. The topological polar surface area (TPSA) is 51.0 Å². The van der Waals surface area contributed by atoms with Crippen molar-refractivity contribution in [1.82, 2.24) is 4.98 Å². The quantitative estimate of drug-likeness (QED) is 0.380. The van der Waals surface area contributed by atoms with Crippen LogP contribution >= 0.6 is 0 Å². The van der Waals surface area contributed by atoms with Crippen molar-refractivity contribution in [2.75, 3.05) is 6.54 Å². The highest BCUT2D eigenvalue weighted by atomic mass is 16.5. The molecule has 0 radical (unpaired) electrons. The average molecular weight is 370 g/mol. The van der Waals surface area contributed by atoms with E-state index >= 15 is 0 Å². The van der Waals surface area contributed by atoms with Crippen LogP contribution in [0.15, 0.2) is 72.8 Å². The number of rotatable bonds is 7. The van der Waals surface area contributed by atoms with E-state index in [4.69, 9.17) is 10.5 Å². The number of para-hydroxylation sites is 1. The van der Waals surface area contributed by atoms with Crippen molar-refractivity contribution >= 4 is 10.9 Å². The summed E-state index contributed by atoms with van der Waals surface area (Å²) < 4.78 is 6.07. The maximum atomic E-state index is 6.07. The number of ether oxygens (including phenoxy) is 1. The van der Waals surface area contributed by atoms with Gasteiger partial charge in [-0.05, 0) is 80.3 Å². The Hall–Kier alpha value is -3.04. The first-order chi connectivity index (χ1) is 13.7. The highest BCUT2D eigenvalue weighted by Crippen LogP contribution is 2.35. The van der Waals surface area contributed by atoms with Crippen molar-refractivity contribution in [2.45, 2.75) is 26.2 Å². The highest BCUT2D eigenvalue weighted by Gasteiger charge is 2.14. The fourth-order valence-corrected chi connectivity index (χ4v) is 3.67. The first kappa shape index (κ1) is 18.3. The molecule has 1 aromatic heterocycles. The second kappa shape index (κ2) is 8.32. The lowest BCUT2D eigenvalue weighted by molar-refractivity contribution is 0.483. The van der Waals surface area contributed by atoms with Crippen LogP contribution in [-0.4, -0.2) is 11.5 Å². The predicted octanol–water partition coefficient (Wildman–Crippen LogP) is 6.22. The van der Waals surface area contributed by atoms with E-state index in [2.05, 4.69) is 48.3 Å². The summed E-state index contributed by atoms with van der Waals surface area (Å²) in [6, 6.07) is 24.8. The third-order valence-corrected chi connectivity index (χ3v) is 5.04. The number of benzene rings is 3. The fraction of sp³-hybridized carbons (Fsp3) is 0.200. The van der Waals surface area contributed by atoms with Gasteiger partial charge in [0.1, 0.15) is 11.5 Å². The van der Waals surface area contributed by atoms with Crippen LogP contribution in [0, 0.1) is 6.92 Å². The zero-order valence-electron chi connectivity index (χ0n) is 16.2. The Morgan fingerprint density at radius 2 is 1.71 bits per heavy atom. The molecule has 0 atom stereocenters. The maximum absolute atomic E-state index is 6.07. The van der Waals surface area contributed by atoms with Crippen LogP contribution in [0.4, 0.5) is 0 Å². The summed E-state index contributed by atoms with van der Waals surface area (Å²) in [5, 5.41) is 1.22. The number of nitrogens with one attached hydrogen (secondary N) is 1. The summed E-state index contributed by atoms with van der Waals surface area (Å²) in [5.41, 5.74) is 11.9. The standard InChI is InChI=1S/C25H26N2O/c1-18-8-7-9-19(16-18)25-22(12-5-6-15-26)23-17-21(13-14-24(23)27-25)28-20-10-3-2-4-11-20/h2-4,7-11,13-14,16-17,27H,5-6,12,15,26H2,1H3. The van der Waals surface area contributed by atoms with E-state index in [0.717, 1.165) is 42.8 Å². The Kier molecular flexibility index (Phi) is 5.45. The van der Waals surface area contributed by atoms with E-state index in [1.807, 2.05) is 36.4 Å². The highest BCUT2D eigenvalue weighted by molar-refractivity contribution is 5.92. The minimum Gasteiger partial charge on any atom is -0.457 e. The Balaban J connectivity index is 1.77. The van der Waals surface area contributed by atoms with Gasteiger partial charge in [0.2, 0.25) is 0 Å². The Morgan fingerprint density at radius 3 is 2.50 bits per heavy atom. The Labute approximate surface area is 166 Å². The lowest BCUT2D eigenvalue weighted by Crippen LogP contribution is -1.99. The third kappa shape index (κ3) is 3.95. The maximum Gasteiger partial charge on any atom is 0.128 e. The van der Waals surface area contributed by atoms with Crippen molar-refractivity contribution in [1.29, 1.82) is 0 Å². The van der Waals surface area contributed by atoms with Gasteiger partial charge >= 0.3 is 0 Å². The molecule has 4 aromatic rings. The minimum atomic E-state index is 0.727. The van der Waals surface area contributed by atoms with Crippen LogP contribution in [0.5, 0.6) is 11.5 Å². The molecule has 0 amide bonds. The number of hydrogen-bond donors (Lipinski definition) is 2. The Bertz CT molecular complexity index is 1070. The van der Waals surface area contributed by atoms with Crippen LogP contribution in [0.2, 0.25) is 0 Å². The molecule has 0 aliphatic carbocycles. The van der Waals surface area contributed by atoms with E-state index in [1.54, 1.807) is 0 Å². The SMILES string of the molecule is Cc1cccc(-c2[nH]c3ccc(Oc4ccccc4)cc3c2CCCCN)c1. The molecule has 3 nitrogen and oxygen atoms in total. The summed E-state index contributed by atoms with van der Waals surface area (Å²) >= 11 is 0. The molecule has 28 heavy (non-hydrogen) atoms. The van der Waals surface area contributed by atoms with E-state index in [9.17, 15) is 0 Å². The first-order valence-electron chi connectivity index (χ1n) is 9.89. The monoisotopic (exact) mass is 370 g/mol. The zero-order chi connectivity index (χ0) is 19.3. The van der Waals surface area contributed by atoms with E-state index in [0.29, 0.717) is 0 Å². The molecule has 0 saturated heterocycles. The van der Waals surface area contributed by atoms with Crippen LogP contribution in [0.25, 0.3) is 22.2 Å². The molecule has 1 heterocycles. The van der Waals surface area contributed by atoms with Crippen LogP contribution in [-0.2, 0) is 6.42 Å². The lowest BCUT2D eigenvalue weighted by atomic mass is 9.99. The third-order valence-electron chi connectivity index (χ3n) is 5.04. The fourth-order valence-electron chi connectivity index (χ4n) is 3.67. The molecule has 3 heteroatoms. The molecule has 142 valence electrons. The van der Waals surface area contributed by atoms with Crippen LogP contribution in [0.3, 0.4) is 0 Å². The molecule has 0 aliphatic heterocycles. The molecule has 0 saturated carbocycles. The molecule has 3 aromatic carbocycles. The minimum absolute atomic E-state index is 0.727. The van der Waals surface area contributed by atoms with E-state index in [1.165, 1.54) is 27.8 Å². The molecule has 0 aliphatic rings. The van der Waals surface area contributed by atoms with Crippen molar-refractivity contribution in [3.8, 4) is 22.8 Å². The average Bonchev–Trinajstić information content (AvgIpc) is 3.07. The molecule has 0 unspecified atom stereocenters. The predicted molar refractivity (Wildman–Crippen MR) is 117 cm³/mol. The summed E-state index contributed by atoms with van der Waals surface area (Å²) in [5.74, 6) is 1.70. The molecule has 4 rings (SSSR count). The smallest absolute Gasteiger partial charge is 0.128 e. The van der Waals surface area contributed by atoms with Crippen molar-refractivity contribution in [3.05, 3.63) is 83.9 Å². The summed E-state index contributed by atoms with van der Waals surface area (Å²) in [4.78, 5) is 3.64. The molecule has 0 bridgehead atoms. The molecule has 0 fully saturated rings. The van der Waals surface area contributed by atoms with Gasteiger partial charge in [-0.2, -0.15) is 0 Å². The largest absolute Gasteiger partial charge is 0.457 e. The zero-order valence-corrected chi connectivity index (χ0v) is 16.2. The van der Waals surface area contributed by atoms with E-state index in [-0.39, 0.29) is 0 Å². The second-order valence-corrected chi connectivity index (χ2v) is 7.22. The summed E-state index contributed by atoms with van der Waals surface area (Å²) in [7, 11) is 0. The number of aryl methyl sites for hydroxylation is 2. The van der Waals surface area contributed by atoms with Gasteiger partial charge in [-0.15, -0.1) is 0 Å². The van der Waals surface area contributed by atoms with Gasteiger partial charge in [-0.1, -0.05) is 42.0 Å². The van der Waals surface area contributed by atoms with Crippen molar-refractivity contribution in [3.63, 3.8) is 0 Å². The number of H-pyrrole nitrogens is 1. The van der Waals surface area contributed by atoms with E-state index < -0.39 is 0 Å². The second-order valence-electron chi connectivity index (χ2n) is 7.22. The molecule has 0 spiro atoms. The number of aromatic amines is 1. The van der Waals surface area contributed by atoms with Crippen molar-refractivity contribution in [2.24, 2.45) is 5.73 Å². The van der Waals surface area contributed by atoms with Gasteiger partial charge in [-0.3, -0.25) is 0 Å². The van der Waals surface area contributed by atoms with Gasteiger partial charge in [-0.25, -0.2) is 0 Å². The number of nitrogens with two attached hydrogens (primary N) is 1. The van der Waals surface area contributed by atoms with Crippen molar-refractivity contribution < 1.29 is 4.74 Å². The van der Waals surface area contributed by atoms with Gasteiger partial charge in [0.15, 0.2) is 0 Å². The van der Waals surface area contributed by atoms with Crippen LogP contribution < -0.4 is 10.5 Å². The summed E-state index contributed by atoms with van der Waals surface area (Å²) in [6.07, 6.45) is 3.10. The molecular formula is C25H26N2O. The summed E-state index contributed by atoms with van der Waals surface area (Å²) in [6.45, 7) is 2.86. The Morgan fingerprint density at radius 1 is 0.857 bits per heavy atom. The first-order valence-corrected chi connectivity index (χ1v) is 9.89. The molecule has 3 N–H and O–H groups in total. The molecular weight excluding hydrogens is 344 g/mol. The van der Waals surface area contributed by atoms with Crippen LogP contribution in [0.1, 0.15) is 24.0 Å².